The Morgan fingerprint density at radius 3 is 2.00 bits per heavy atom. The third-order valence-electron chi connectivity index (χ3n) is 0.558. The molecule has 0 rings (SSSR count). The topological polar surface area (TPSA) is 20.2 Å². The van der Waals surface area contributed by atoms with Crippen LogP contribution in [0.3, 0.4) is 0 Å². The molecule has 0 aromatic carbocycles. The van der Waals surface area contributed by atoms with Crippen LogP contribution in [-0.2, 0) is 0 Å². The van der Waals surface area contributed by atoms with Crippen LogP contribution in [0.2, 0.25) is 0 Å². The van der Waals surface area contributed by atoms with Gasteiger partial charge in [0.25, 0.3) is 0 Å². The van der Waals surface area contributed by atoms with Gasteiger partial charge in [-0.25, -0.2) is 0 Å². The molecule has 0 spiro atoms. The van der Waals surface area contributed by atoms with Crippen LogP contribution in [0.5, 0.6) is 0 Å². The summed E-state index contributed by atoms with van der Waals surface area (Å²) in [5, 5.41) is 8.58. The number of hydrogen-bond acceptors (Lipinski definition) is 1. The maximum Gasteiger partial charge on any atom is 0.0942 e. The van der Waals surface area contributed by atoms with E-state index in [4.69, 9.17) is 5.11 Å². The van der Waals surface area contributed by atoms with Crippen LogP contribution in [0, 0.1) is 6.10 Å². The van der Waals surface area contributed by atoms with Gasteiger partial charge in [-0.1, -0.05) is 5.57 Å². The fourth-order valence-corrected chi connectivity index (χ4v) is 0.437. The lowest BCUT2D eigenvalue weighted by atomic mass is 10.2. The van der Waals surface area contributed by atoms with Gasteiger partial charge in [0.2, 0.25) is 0 Å². The third kappa shape index (κ3) is 5.70. The van der Waals surface area contributed by atoms with E-state index in [1.165, 1.54) is 0 Å². The predicted octanol–water partition coefficient (Wildman–Crippen LogP) is 1.88. The SMILES string of the molecule is C=C(C)C[C](C)O. The molecular weight excluding hydrogens is 88.1 g/mol. The lowest BCUT2D eigenvalue weighted by molar-refractivity contribution is 0.307. The van der Waals surface area contributed by atoms with Crippen LogP contribution in [0.4, 0.5) is 0 Å². The van der Waals surface area contributed by atoms with E-state index in [0.29, 0.717) is 12.5 Å². The van der Waals surface area contributed by atoms with Gasteiger partial charge in [-0.2, -0.15) is 0 Å². The van der Waals surface area contributed by atoms with Gasteiger partial charge >= 0.3 is 0 Å². The van der Waals surface area contributed by atoms with E-state index >= 15 is 0 Å². The molecule has 0 aromatic heterocycles. The predicted molar refractivity (Wildman–Crippen MR) is 30.3 cm³/mol. The Bertz CT molecular complexity index is 64.6. The summed E-state index contributed by atoms with van der Waals surface area (Å²) in [6.45, 7) is 7.18. The Morgan fingerprint density at radius 1 is 1.57 bits per heavy atom. The van der Waals surface area contributed by atoms with Crippen molar-refractivity contribution in [3.05, 3.63) is 18.3 Å². The van der Waals surface area contributed by atoms with Crippen molar-refractivity contribution in [2.45, 2.75) is 20.3 Å². The van der Waals surface area contributed by atoms with E-state index < -0.39 is 0 Å². The maximum absolute atomic E-state index is 8.58. The molecule has 7 heavy (non-hydrogen) atoms. The second-order valence-electron chi connectivity index (χ2n) is 1.87. The van der Waals surface area contributed by atoms with Gasteiger partial charge in [-0.15, -0.1) is 6.58 Å². The third-order valence-corrected chi connectivity index (χ3v) is 0.558. The van der Waals surface area contributed by atoms with Crippen molar-refractivity contribution < 1.29 is 5.11 Å². The van der Waals surface area contributed by atoms with Crippen LogP contribution in [0.15, 0.2) is 12.2 Å². The molecule has 0 saturated heterocycles. The highest BCUT2D eigenvalue weighted by molar-refractivity contribution is 4.95. The molecule has 0 saturated carbocycles. The van der Waals surface area contributed by atoms with Gasteiger partial charge in [0, 0.05) is 0 Å². The molecule has 1 radical (unpaired) electrons. The lowest BCUT2D eigenvalue weighted by Crippen LogP contribution is -1.86. The van der Waals surface area contributed by atoms with Crippen molar-refractivity contribution in [3.63, 3.8) is 0 Å². The van der Waals surface area contributed by atoms with Crippen molar-refractivity contribution in [1.82, 2.24) is 0 Å². The summed E-state index contributed by atoms with van der Waals surface area (Å²) in [7, 11) is 0. The molecule has 0 atom stereocenters. The summed E-state index contributed by atoms with van der Waals surface area (Å²) in [5.41, 5.74) is 1.00. The molecule has 0 unspecified atom stereocenters. The Labute approximate surface area is 44.7 Å². The summed E-state index contributed by atoms with van der Waals surface area (Å²) in [6.07, 6.45) is 1.08. The molecule has 1 N–H and O–H groups in total. The van der Waals surface area contributed by atoms with Crippen molar-refractivity contribution >= 4 is 0 Å². The first kappa shape index (κ1) is 6.70. The zero-order valence-corrected chi connectivity index (χ0v) is 4.86. The van der Waals surface area contributed by atoms with E-state index in [9.17, 15) is 0 Å². The van der Waals surface area contributed by atoms with Gasteiger partial charge < -0.3 is 5.11 Å². The van der Waals surface area contributed by atoms with Crippen molar-refractivity contribution in [2.75, 3.05) is 0 Å². The van der Waals surface area contributed by atoms with Crippen LogP contribution in [0.1, 0.15) is 20.3 Å². The molecule has 0 aliphatic heterocycles. The quantitative estimate of drug-likeness (QED) is 0.524. The smallest absolute Gasteiger partial charge is 0.0942 e. The summed E-state index contributed by atoms with van der Waals surface area (Å²) in [5.74, 6) is 0. The maximum atomic E-state index is 8.58. The number of rotatable bonds is 2. The molecular formula is C6H11O. The summed E-state index contributed by atoms with van der Waals surface area (Å²) < 4.78 is 0. The first-order valence-electron chi connectivity index (χ1n) is 2.28. The van der Waals surface area contributed by atoms with Crippen molar-refractivity contribution in [2.24, 2.45) is 0 Å². The Morgan fingerprint density at radius 2 is 2.00 bits per heavy atom. The van der Waals surface area contributed by atoms with Crippen molar-refractivity contribution in [1.29, 1.82) is 0 Å². The zero-order chi connectivity index (χ0) is 5.86. The van der Waals surface area contributed by atoms with Gasteiger partial charge in [-0.05, 0) is 20.3 Å². The standard InChI is InChI=1S/C6H11O/c1-5(2)4-6(3)7/h7H,1,4H2,2-3H3. The fourth-order valence-electron chi connectivity index (χ4n) is 0.437. The van der Waals surface area contributed by atoms with E-state index in [2.05, 4.69) is 6.58 Å². The van der Waals surface area contributed by atoms with Gasteiger partial charge in [0.1, 0.15) is 0 Å². The van der Waals surface area contributed by atoms with Crippen LogP contribution < -0.4 is 0 Å². The van der Waals surface area contributed by atoms with E-state index in [0.717, 1.165) is 5.57 Å². The number of aliphatic hydroxyl groups is 1. The van der Waals surface area contributed by atoms with Gasteiger partial charge in [-0.3, -0.25) is 0 Å². The van der Waals surface area contributed by atoms with Crippen molar-refractivity contribution in [3.8, 4) is 0 Å². The molecule has 0 bridgehead atoms. The molecule has 0 aliphatic carbocycles. The molecule has 0 fully saturated rings. The molecule has 0 amide bonds. The fraction of sp³-hybridized carbons (Fsp3) is 0.500. The van der Waals surface area contributed by atoms with E-state index in [-0.39, 0.29) is 0 Å². The van der Waals surface area contributed by atoms with E-state index in [1.54, 1.807) is 6.92 Å². The summed E-state index contributed by atoms with van der Waals surface area (Å²) in [4.78, 5) is 0. The minimum atomic E-state index is 0.438. The van der Waals surface area contributed by atoms with Gasteiger partial charge in [0.15, 0.2) is 0 Å². The van der Waals surface area contributed by atoms with Crippen LogP contribution in [-0.4, -0.2) is 5.11 Å². The highest BCUT2D eigenvalue weighted by atomic mass is 16.3. The number of hydrogen-bond donors (Lipinski definition) is 1. The minimum Gasteiger partial charge on any atom is -0.387 e. The number of aliphatic hydroxyl groups excluding tert-OH is 1. The monoisotopic (exact) mass is 99.1 g/mol. The first-order valence-corrected chi connectivity index (χ1v) is 2.28. The summed E-state index contributed by atoms with van der Waals surface area (Å²) in [6, 6.07) is 0. The molecule has 0 heterocycles. The van der Waals surface area contributed by atoms with Crippen LogP contribution >= 0.6 is 0 Å². The highest BCUT2D eigenvalue weighted by Gasteiger charge is 1.93. The Balaban J connectivity index is 3.13. The molecule has 0 aliphatic rings. The largest absolute Gasteiger partial charge is 0.387 e. The second kappa shape index (κ2) is 2.80. The average Bonchev–Trinajstić information content (AvgIpc) is 1.27. The second-order valence-corrected chi connectivity index (χ2v) is 1.87. The molecule has 0 aromatic rings. The van der Waals surface area contributed by atoms with Gasteiger partial charge in [0.05, 0.1) is 6.10 Å². The molecule has 1 nitrogen and oxygen atoms in total. The normalized spacial score (nSPS) is 9.71. The summed E-state index contributed by atoms with van der Waals surface area (Å²) >= 11 is 0. The molecule has 1 heteroatoms. The Kier molecular flexibility index (Phi) is 2.68. The average molecular weight is 99.2 g/mol. The van der Waals surface area contributed by atoms with Crippen LogP contribution in [0.25, 0.3) is 0 Å². The lowest BCUT2D eigenvalue weighted by Gasteiger charge is -1.98. The first-order chi connectivity index (χ1) is 3.13. The zero-order valence-electron chi connectivity index (χ0n) is 4.86. The van der Waals surface area contributed by atoms with E-state index in [1.807, 2.05) is 6.92 Å². The Hall–Kier alpha value is -0.300. The highest BCUT2D eigenvalue weighted by Crippen LogP contribution is 2.05. The molecule has 41 valence electrons. The minimum absolute atomic E-state index is 0.438.